The number of aromatic nitrogens is 4. The van der Waals surface area contributed by atoms with Crippen LogP contribution >= 0.6 is 0 Å². The van der Waals surface area contributed by atoms with E-state index in [4.69, 9.17) is 4.74 Å². The summed E-state index contributed by atoms with van der Waals surface area (Å²) >= 11 is 0. The molecule has 0 spiro atoms. The molecule has 152 valence electrons. The molecule has 1 saturated heterocycles. The van der Waals surface area contributed by atoms with Crippen LogP contribution in [0.4, 0.5) is 5.95 Å². The van der Waals surface area contributed by atoms with Crippen LogP contribution in [0.2, 0.25) is 0 Å². The van der Waals surface area contributed by atoms with Crippen molar-refractivity contribution in [2.45, 2.75) is 39.0 Å². The number of aromatic amines is 1. The Hall–Kier alpha value is -3.04. The summed E-state index contributed by atoms with van der Waals surface area (Å²) in [5.41, 5.74) is 0.869. The molecule has 2 aromatic heterocycles. The van der Waals surface area contributed by atoms with Crippen LogP contribution in [0.5, 0.6) is 0 Å². The molecule has 2 unspecified atom stereocenters. The summed E-state index contributed by atoms with van der Waals surface area (Å²) < 4.78 is 7.74. The highest BCUT2D eigenvalue weighted by Crippen LogP contribution is 2.34. The molecule has 1 fully saturated rings. The zero-order chi connectivity index (χ0) is 20.5. The number of carbonyl (C=O) groups is 1. The Labute approximate surface area is 166 Å². The first-order valence-electron chi connectivity index (χ1n) is 9.62. The fraction of sp³-hybridized carbons (Fsp3) is 0.400. The zero-order valence-corrected chi connectivity index (χ0v) is 16.3. The quantitative estimate of drug-likeness (QED) is 0.606. The van der Waals surface area contributed by atoms with Gasteiger partial charge in [-0.3, -0.25) is 24.5 Å². The van der Waals surface area contributed by atoms with Crippen molar-refractivity contribution in [2.24, 2.45) is 5.92 Å². The van der Waals surface area contributed by atoms with Crippen molar-refractivity contribution in [3.05, 3.63) is 40.7 Å². The van der Waals surface area contributed by atoms with Gasteiger partial charge in [0.1, 0.15) is 12.1 Å². The number of hydrogen-bond donors (Lipinski definition) is 3. The van der Waals surface area contributed by atoms with Crippen molar-refractivity contribution < 1.29 is 14.6 Å². The minimum absolute atomic E-state index is 0.0682. The first kappa shape index (κ1) is 19.3. The van der Waals surface area contributed by atoms with Crippen molar-refractivity contribution in [3.63, 3.8) is 0 Å². The molecule has 3 aromatic rings. The average Bonchev–Trinajstić information content (AvgIpc) is 3.33. The summed E-state index contributed by atoms with van der Waals surface area (Å²) in [6.45, 7) is 3.43. The molecule has 9 heteroatoms. The smallest absolute Gasteiger partial charge is 0.280 e. The van der Waals surface area contributed by atoms with Crippen molar-refractivity contribution in [2.75, 3.05) is 11.9 Å². The summed E-state index contributed by atoms with van der Waals surface area (Å²) in [6, 6.07) is 9.46. The SMILES string of the molecule is CC(C)C(=O)Nc1nc2c(nc(-c3ccccc3)n2C2CCC(CO)O2)c(=O)[nH]1. The van der Waals surface area contributed by atoms with Crippen molar-refractivity contribution in [1.82, 2.24) is 19.5 Å². The summed E-state index contributed by atoms with van der Waals surface area (Å²) in [4.78, 5) is 36.3. The van der Waals surface area contributed by atoms with E-state index in [1.54, 1.807) is 18.4 Å². The first-order valence-corrected chi connectivity index (χ1v) is 9.62. The van der Waals surface area contributed by atoms with Gasteiger partial charge in [-0.2, -0.15) is 4.98 Å². The van der Waals surface area contributed by atoms with E-state index in [0.29, 0.717) is 24.3 Å². The van der Waals surface area contributed by atoms with Crippen molar-refractivity contribution in [3.8, 4) is 11.4 Å². The molecule has 29 heavy (non-hydrogen) atoms. The maximum absolute atomic E-state index is 12.7. The second-order valence-electron chi connectivity index (χ2n) is 7.37. The number of carbonyl (C=O) groups excluding carboxylic acids is 1. The van der Waals surface area contributed by atoms with E-state index in [2.05, 4.69) is 20.3 Å². The third kappa shape index (κ3) is 3.66. The van der Waals surface area contributed by atoms with Gasteiger partial charge < -0.3 is 9.84 Å². The van der Waals surface area contributed by atoms with E-state index in [1.165, 1.54) is 0 Å². The third-order valence-corrected chi connectivity index (χ3v) is 4.93. The Morgan fingerprint density at radius 3 is 2.72 bits per heavy atom. The Morgan fingerprint density at radius 2 is 2.07 bits per heavy atom. The van der Waals surface area contributed by atoms with Gasteiger partial charge in [0.25, 0.3) is 5.56 Å². The molecule has 0 saturated carbocycles. The van der Waals surface area contributed by atoms with E-state index in [1.807, 2.05) is 30.3 Å². The van der Waals surface area contributed by atoms with E-state index >= 15 is 0 Å². The zero-order valence-electron chi connectivity index (χ0n) is 16.3. The van der Waals surface area contributed by atoms with Crippen molar-refractivity contribution in [1.29, 1.82) is 0 Å². The second-order valence-corrected chi connectivity index (χ2v) is 7.37. The number of aliphatic hydroxyl groups is 1. The van der Waals surface area contributed by atoms with Crippen molar-refractivity contribution >= 4 is 23.0 Å². The van der Waals surface area contributed by atoms with E-state index in [9.17, 15) is 14.7 Å². The highest BCUT2D eigenvalue weighted by molar-refractivity contribution is 5.91. The average molecular weight is 397 g/mol. The molecule has 1 aromatic carbocycles. The predicted octanol–water partition coefficient (Wildman–Crippen LogP) is 2.05. The summed E-state index contributed by atoms with van der Waals surface area (Å²) in [5, 5.41) is 12.1. The first-order chi connectivity index (χ1) is 14.0. The normalized spacial score (nSPS) is 19.2. The topological polar surface area (TPSA) is 122 Å². The summed E-state index contributed by atoms with van der Waals surface area (Å²) in [5.74, 6) is 0.108. The van der Waals surface area contributed by atoms with Gasteiger partial charge in [0.05, 0.1) is 12.7 Å². The lowest BCUT2D eigenvalue weighted by atomic mass is 10.2. The number of rotatable bonds is 5. The molecule has 1 amide bonds. The van der Waals surface area contributed by atoms with Gasteiger partial charge in [-0.15, -0.1) is 0 Å². The minimum Gasteiger partial charge on any atom is -0.394 e. The predicted molar refractivity (Wildman–Crippen MR) is 107 cm³/mol. The lowest BCUT2D eigenvalue weighted by Crippen LogP contribution is -2.22. The highest BCUT2D eigenvalue weighted by Gasteiger charge is 2.31. The fourth-order valence-corrected chi connectivity index (χ4v) is 3.38. The number of anilines is 1. The Balaban J connectivity index is 1.88. The van der Waals surface area contributed by atoms with Gasteiger partial charge in [0.15, 0.2) is 11.2 Å². The van der Waals surface area contributed by atoms with Gasteiger partial charge in [-0.1, -0.05) is 44.2 Å². The van der Waals surface area contributed by atoms with Crippen LogP contribution in [0, 0.1) is 5.92 Å². The van der Waals surface area contributed by atoms with Crippen LogP contribution in [0.3, 0.4) is 0 Å². The molecule has 9 nitrogen and oxygen atoms in total. The van der Waals surface area contributed by atoms with Gasteiger partial charge >= 0.3 is 0 Å². The minimum atomic E-state index is -0.443. The molecule has 3 heterocycles. The molecule has 1 aliphatic rings. The molecule has 1 aliphatic heterocycles. The van der Waals surface area contributed by atoms with Crippen LogP contribution in [0.1, 0.15) is 32.9 Å². The van der Waals surface area contributed by atoms with Gasteiger partial charge in [0, 0.05) is 11.5 Å². The van der Waals surface area contributed by atoms with Crippen LogP contribution in [-0.2, 0) is 9.53 Å². The molecular weight excluding hydrogens is 374 g/mol. The lowest BCUT2D eigenvalue weighted by Gasteiger charge is -2.17. The van der Waals surface area contributed by atoms with Gasteiger partial charge in [-0.25, -0.2) is 4.98 Å². The summed E-state index contributed by atoms with van der Waals surface area (Å²) in [7, 11) is 0. The largest absolute Gasteiger partial charge is 0.394 e. The molecule has 0 bridgehead atoms. The Bertz CT molecular complexity index is 1090. The van der Waals surface area contributed by atoms with E-state index in [-0.39, 0.29) is 36.0 Å². The van der Waals surface area contributed by atoms with Crippen LogP contribution in [0.15, 0.2) is 35.1 Å². The standard InChI is InChI=1S/C20H23N5O4/c1-11(2)18(27)23-20-22-17-15(19(28)24-20)21-16(12-6-4-3-5-7-12)25(17)14-9-8-13(10-26)29-14/h3-7,11,13-14,26H,8-10H2,1-2H3,(H2,22,23,24,27,28). The van der Waals surface area contributed by atoms with Crippen LogP contribution in [0.25, 0.3) is 22.6 Å². The fourth-order valence-electron chi connectivity index (χ4n) is 3.38. The number of ether oxygens (including phenoxy) is 1. The molecule has 4 rings (SSSR count). The van der Waals surface area contributed by atoms with Crippen LogP contribution in [-0.4, -0.2) is 43.2 Å². The molecule has 3 N–H and O–H groups in total. The molecular formula is C20H23N5O4. The number of nitrogens with zero attached hydrogens (tertiary/aromatic N) is 3. The second kappa shape index (κ2) is 7.76. The summed E-state index contributed by atoms with van der Waals surface area (Å²) in [6.07, 6.45) is 0.645. The maximum atomic E-state index is 12.7. The van der Waals surface area contributed by atoms with Gasteiger partial charge in [0.2, 0.25) is 11.9 Å². The molecule has 2 atom stereocenters. The number of fused-ring (bicyclic) bond motifs is 1. The molecule has 0 aliphatic carbocycles. The number of aliphatic hydroxyl groups excluding tert-OH is 1. The number of imidazole rings is 1. The van der Waals surface area contributed by atoms with E-state index in [0.717, 1.165) is 5.56 Å². The Morgan fingerprint density at radius 1 is 1.31 bits per heavy atom. The monoisotopic (exact) mass is 397 g/mol. The van der Waals surface area contributed by atoms with Gasteiger partial charge in [-0.05, 0) is 12.8 Å². The number of H-pyrrole nitrogens is 1. The number of amides is 1. The number of nitrogens with one attached hydrogen (secondary N) is 2. The third-order valence-electron chi connectivity index (χ3n) is 4.93. The van der Waals surface area contributed by atoms with E-state index < -0.39 is 11.8 Å². The Kier molecular flexibility index (Phi) is 5.16. The maximum Gasteiger partial charge on any atom is 0.280 e. The highest BCUT2D eigenvalue weighted by atomic mass is 16.5. The lowest BCUT2D eigenvalue weighted by molar-refractivity contribution is -0.118. The number of benzene rings is 1. The molecule has 0 radical (unpaired) electrons. The van der Waals surface area contributed by atoms with Crippen LogP contribution < -0.4 is 10.9 Å². The number of hydrogen-bond acceptors (Lipinski definition) is 6.